The van der Waals surface area contributed by atoms with Gasteiger partial charge in [-0.2, -0.15) is 0 Å². The normalized spacial score (nSPS) is 10.8. The molecule has 2 aromatic carbocycles. The van der Waals surface area contributed by atoms with Gasteiger partial charge >= 0.3 is 0 Å². The molecule has 0 amide bonds. The van der Waals surface area contributed by atoms with Gasteiger partial charge in [0.2, 0.25) is 0 Å². The maximum atomic E-state index is 2.38. The van der Waals surface area contributed by atoms with Gasteiger partial charge in [0, 0.05) is 0 Å². The van der Waals surface area contributed by atoms with E-state index in [1.54, 1.807) is 0 Å². The molecule has 0 nitrogen and oxygen atoms in total. The average Bonchev–Trinajstić information content (AvgIpc) is 2.47. The molecule has 0 aromatic heterocycles. The van der Waals surface area contributed by atoms with Crippen molar-refractivity contribution < 1.29 is 0 Å². The molecule has 0 radical (unpaired) electrons. The van der Waals surface area contributed by atoms with E-state index in [2.05, 4.69) is 64.1 Å². The van der Waals surface area contributed by atoms with Gasteiger partial charge in [-0.05, 0) is 72.9 Å². The molecule has 20 heavy (non-hydrogen) atoms. The Kier molecular flexibility index (Phi) is 5.00. The van der Waals surface area contributed by atoms with Gasteiger partial charge < -0.3 is 0 Å². The minimum absolute atomic E-state index is 1.13. The predicted molar refractivity (Wildman–Crippen MR) is 88.5 cm³/mol. The lowest BCUT2D eigenvalue weighted by Crippen LogP contribution is -1.96. The van der Waals surface area contributed by atoms with E-state index in [0.717, 1.165) is 25.7 Å². The predicted octanol–water partition coefficient (Wildman–Crippen LogP) is 5.21. The molecule has 0 unspecified atom stereocenters. The Bertz CT molecular complexity index is 525. The third-order valence-electron chi connectivity index (χ3n) is 4.29. The molecule has 0 heterocycles. The molecule has 0 saturated carbocycles. The van der Waals surface area contributed by atoms with Crippen molar-refractivity contribution in [3.05, 3.63) is 69.8 Å². The third kappa shape index (κ3) is 3.50. The van der Waals surface area contributed by atoms with Gasteiger partial charge in [-0.3, -0.25) is 0 Å². The van der Waals surface area contributed by atoms with Crippen molar-refractivity contribution in [2.45, 2.75) is 53.4 Å². The van der Waals surface area contributed by atoms with Crippen LogP contribution < -0.4 is 0 Å². The van der Waals surface area contributed by atoms with E-state index in [1.165, 1.54) is 33.4 Å². The highest BCUT2D eigenvalue weighted by Gasteiger charge is 2.02. The van der Waals surface area contributed by atoms with Crippen LogP contribution in [0.2, 0.25) is 0 Å². The first-order valence-electron chi connectivity index (χ1n) is 7.80. The standard InChI is InChI=1S/C20H26/c1-5-19-13-17(9-7-15(19)3)11-12-18-10-8-16(4)20(6-2)14-18/h7-10,13-14H,5-6,11-12H2,1-4H3. The first kappa shape index (κ1) is 14.8. The van der Waals surface area contributed by atoms with E-state index in [9.17, 15) is 0 Å². The van der Waals surface area contributed by atoms with Crippen LogP contribution in [-0.4, -0.2) is 0 Å². The molecule has 0 aliphatic rings. The quantitative estimate of drug-likeness (QED) is 0.696. The number of hydrogen-bond donors (Lipinski definition) is 0. The fourth-order valence-corrected chi connectivity index (χ4v) is 2.81. The van der Waals surface area contributed by atoms with Crippen molar-refractivity contribution in [3.63, 3.8) is 0 Å². The average molecular weight is 266 g/mol. The largest absolute Gasteiger partial charge is 0.0613 e. The number of aryl methyl sites for hydroxylation is 6. The van der Waals surface area contributed by atoms with Crippen LogP contribution in [0.5, 0.6) is 0 Å². The fraction of sp³-hybridized carbons (Fsp3) is 0.400. The zero-order chi connectivity index (χ0) is 14.5. The summed E-state index contributed by atoms with van der Waals surface area (Å²) in [5.41, 5.74) is 8.73. The van der Waals surface area contributed by atoms with E-state index < -0.39 is 0 Å². The Balaban J connectivity index is 2.08. The first-order chi connectivity index (χ1) is 9.63. The molecule has 0 aliphatic heterocycles. The molecule has 0 heteroatoms. The zero-order valence-corrected chi connectivity index (χ0v) is 13.3. The van der Waals surface area contributed by atoms with Crippen LogP contribution in [0, 0.1) is 13.8 Å². The Morgan fingerprint density at radius 3 is 1.40 bits per heavy atom. The van der Waals surface area contributed by atoms with Gasteiger partial charge in [-0.25, -0.2) is 0 Å². The maximum absolute atomic E-state index is 2.38. The number of rotatable bonds is 5. The molecule has 2 rings (SSSR count). The summed E-state index contributed by atoms with van der Waals surface area (Å²) in [5, 5.41) is 0. The van der Waals surface area contributed by atoms with E-state index in [-0.39, 0.29) is 0 Å². The number of benzene rings is 2. The van der Waals surface area contributed by atoms with Crippen LogP contribution in [0.4, 0.5) is 0 Å². The van der Waals surface area contributed by atoms with Crippen LogP contribution in [0.25, 0.3) is 0 Å². The minimum atomic E-state index is 1.13. The van der Waals surface area contributed by atoms with Gasteiger partial charge in [0.15, 0.2) is 0 Å². The SMILES string of the molecule is CCc1cc(CCc2ccc(C)c(CC)c2)ccc1C. The van der Waals surface area contributed by atoms with Crippen molar-refractivity contribution in [1.82, 2.24) is 0 Å². The lowest BCUT2D eigenvalue weighted by molar-refractivity contribution is 0.942. The zero-order valence-electron chi connectivity index (χ0n) is 13.3. The second-order valence-electron chi connectivity index (χ2n) is 5.73. The molecule has 0 fully saturated rings. The summed E-state index contributed by atoms with van der Waals surface area (Å²) in [6.07, 6.45) is 4.54. The second kappa shape index (κ2) is 6.74. The molecule has 2 aromatic rings. The van der Waals surface area contributed by atoms with Crippen molar-refractivity contribution in [2.75, 3.05) is 0 Å². The van der Waals surface area contributed by atoms with Gasteiger partial charge in [0.1, 0.15) is 0 Å². The molecule has 0 saturated heterocycles. The van der Waals surface area contributed by atoms with Crippen LogP contribution >= 0.6 is 0 Å². The summed E-state index contributed by atoms with van der Waals surface area (Å²) in [5.74, 6) is 0. The van der Waals surface area contributed by atoms with Crippen LogP contribution in [0.3, 0.4) is 0 Å². The minimum Gasteiger partial charge on any atom is -0.0613 e. The highest BCUT2D eigenvalue weighted by atomic mass is 14.1. The summed E-state index contributed by atoms with van der Waals surface area (Å²) in [4.78, 5) is 0. The Morgan fingerprint density at radius 1 is 0.650 bits per heavy atom. The van der Waals surface area contributed by atoms with E-state index in [1.807, 2.05) is 0 Å². The topological polar surface area (TPSA) is 0 Å². The van der Waals surface area contributed by atoms with E-state index >= 15 is 0 Å². The molecule has 0 spiro atoms. The monoisotopic (exact) mass is 266 g/mol. The smallest absolute Gasteiger partial charge is 0.0238 e. The maximum Gasteiger partial charge on any atom is -0.0238 e. The lowest BCUT2D eigenvalue weighted by atomic mass is 9.96. The summed E-state index contributed by atoms with van der Waals surface area (Å²) >= 11 is 0. The van der Waals surface area contributed by atoms with Gasteiger partial charge in [-0.15, -0.1) is 0 Å². The lowest BCUT2D eigenvalue weighted by Gasteiger charge is -2.09. The summed E-state index contributed by atoms with van der Waals surface area (Å²) in [6, 6.07) is 13.9. The summed E-state index contributed by atoms with van der Waals surface area (Å²) in [6.45, 7) is 8.88. The highest BCUT2D eigenvalue weighted by Crippen LogP contribution is 2.16. The molecule has 0 atom stereocenters. The van der Waals surface area contributed by atoms with Gasteiger partial charge in [-0.1, -0.05) is 50.2 Å². The van der Waals surface area contributed by atoms with Crippen LogP contribution in [-0.2, 0) is 25.7 Å². The molecule has 0 bridgehead atoms. The second-order valence-corrected chi connectivity index (χ2v) is 5.73. The molecular formula is C20H26. The van der Waals surface area contributed by atoms with Gasteiger partial charge in [0.05, 0.1) is 0 Å². The van der Waals surface area contributed by atoms with Crippen molar-refractivity contribution in [2.24, 2.45) is 0 Å². The molecule has 0 aliphatic carbocycles. The van der Waals surface area contributed by atoms with Crippen molar-refractivity contribution in [3.8, 4) is 0 Å². The van der Waals surface area contributed by atoms with Crippen LogP contribution in [0.15, 0.2) is 36.4 Å². The van der Waals surface area contributed by atoms with Gasteiger partial charge in [0.25, 0.3) is 0 Å². The summed E-state index contributed by atoms with van der Waals surface area (Å²) < 4.78 is 0. The van der Waals surface area contributed by atoms with Crippen molar-refractivity contribution >= 4 is 0 Å². The molecule has 106 valence electrons. The van der Waals surface area contributed by atoms with Crippen LogP contribution in [0.1, 0.15) is 47.2 Å². The fourth-order valence-electron chi connectivity index (χ4n) is 2.81. The third-order valence-corrected chi connectivity index (χ3v) is 4.29. The summed E-state index contributed by atoms with van der Waals surface area (Å²) in [7, 11) is 0. The Morgan fingerprint density at radius 2 is 1.05 bits per heavy atom. The molecular weight excluding hydrogens is 240 g/mol. The highest BCUT2D eigenvalue weighted by molar-refractivity contribution is 5.34. The van der Waals surface area contributed by atoms with E-state index in [4.69, 9.17) is 0 Å². The van der Waals surface area contributed by atoms with Crippen molar-refractivity contribution in [1.29, 1.82) is 0 Å². The Hall–Kier alpha value is -1.56. The number of hydrogen-bond acceptors (Lipinski definition) is 0. The Labute approximate surface area is 123 Å². The first-order valence-corrected chi connectivity index (χ1v) is 7.80. The van der Waals surface area contributed by atoms with E-state index in [0.29, 0.717) is 0 Å². The molecule has 0 N–H and O–H groups in total.